The van der Waals surface area contributed by atoms with Crippen molar-refractivity contribution in [1.29, 1.82) is 0 Å². The van der Waals surface area contributed by atoms with Crippen molar-refractivity contribution in [3.05, 3.63) is 59.7 Å². The molecule has 1 aliphatic heterocycles. The van der Waals surface area contributed by atoms with Crippen molar-refractivity contribution < 1.29 is 13.2 Å². The van der Waals surface area contributed by atoms with Gasteiger partial charge in [0.15, 0.2) is 0 Å². The monoisotopic (exact) mass is 429 g/mol. The van der Waals surface area contributed by atoms with Gasteiger partial charge in [-0.3, -0.25) is 4.79 Å². The van der Waals surface area contributed by atoms with E-state index in [1.165, 1.54) is 5.56 Å². The molecule has 3 rings (SSSR count). The maximum atomic E-state index is 12.7. The molecule has 0 atom stereocenters. The van der Waals surface area contributed by atoms with Crippen molar-refractivity contribution in [2.75, 3.05) is 39.0 Å². The first kappa shape index (κ1) is 22.5. The second kappa shape index (κ2) is 10.2. The normalized spacial score (nSPS) is 15.3. The SMILES string of the molecule is CN(C)CCc1ccc(NC(=O)Cc2ccc(S(=O)(=O)N3CCCCC3)cc2)cc1. The maximum Gasteiger partial charge on any atom is 0.243 e. The molecule has 0 unspecified atom stereocenters. The second-order valence-electron chi connectivity index (χ2n) is 8.08. The Kier molecular flexibility index (Phi) is 7.64. The summed E-state index contributed by atoms with van der Waals surface area (Å²) in [5.41, 5.74) is 2.78. The Labute approximate surface area is 179 Å². The highest BCUT2D eigenvalue weighted by Crippen LogP contribution is 2.21. The second-order valence-corrected chi connectivity index (χ2v) is 10.0. The van der Waals surface area contributed by atoms with Gasteiger partial charge in [-0.2, -0.15) is 4.31 Å². The highest BCUT2D eigenvalue weighted by molar-refractivity contribution is 7.89. The third-order valence-corrected chi connectivity index (χ3v) is 7.24. The molecule has 0 aromatic heterocycles. The predicted octanol–water partition coefficient (Wildman–Crippen LogP) is 3.15. The van der Waals surface area contributed by atoms with E-state index in [-0.39, 0.29) is 12.3 Å². The molecule has 0 radical (unpaired) electrons. The van der Waals surface area contributed by atoms with Crippen LogP contribution in [0, 0.1) is 0 Å². The number of carbonyl (C=O) groups is 1. The van der Waals surface area contributed by atoms with Crippen LogP contribution in [0.2, 0.25) is 0 Å². The van der Waals surface area contributed by atoms with E-state index < -0.39 is 10.0 Å². The van der Waals surface area contributed by atoms with Gasteiger partial charge in [-0.25, -0.2) is 8.42 Å². The van der Waals surface area contributed by atoms with Gasteiger partial charge in [0, 0.05) is 25.3 Å². The number of anilines is 1. The average Bonchev–Trinajstić information content (AvgIpc) is 2.74. The van der Waals surface area contributed by atoms with Crippen molar-refractivity contribution >= 4 is 21.6 Å². The van der Waals surface area contributed by atoms with E-state index in [1.54, 1.807) is 28.6 Å². The van der Waals surface area contributed by atoms with Crippen LogP contribution in [0.5, 0.6) is 0 Å². The first-order chi connectivity index (χ1) is 14.3. The van der Waals surface area contributed by atoms with Gasteiger partial charge in [0.05, 0.1) is 11.3 Å². The molecule has 7 heteroatoms. The number of carbonyl (C=O) groups excluding carboxylic acids is 1. The lowest BCUT2D eigenvalue weighted by molar-refractivity contribution is -0.115. The minimum absolute atomic E-state index is 0.123. The summed E-state index contributed by atoms with van der Waals surface area (Å²) in [6.07, 6.45) is 4.07. The van der Waals surface area contributed by atoms with Gasteiger partial charge in [0.2, 0.25) is 15.9 Å². The van der Waals surface area contributed by atoms with Gasteiger partial charge in [-0.15, -0.1) is 0 Å². The number of nitrogens with zero attached hydrogens (tertiary/aromatic N) is 2. The Hall–Kier alpha value is -2.22. The Balaban J connectivity index is 1.55. The lowest BCUT2D eigenvalue weighted by Crippen LogP contribution is -2.35. The first-order valence-electron chi connectivity index (χ1n) is 10.5. The van der Waals surface area contributed by atoms with Crippen LogP contribution in [0.3, 0.4) is 0 Å². The largest absolute Gasteiger partial charge is 0.326 e. The zero-order chi connectivity index (χ0) is 21.6. The van der Waals surface area contributed by atoms with Crippen LogP contribution in [0.1, 0.15) is 30.4 Å². The average molecular weight is 430 g/mol. The molecular weight excluding hydrogens is 398 g/mol. The Morgan fingerprint density at radius 1 is 0.933 bits per heavy atom. The highest BCUT2D eigenvalue weighted by atomic mass is 32.2. The lowest BCUT2D eigenvalue weighted by Gasteiger charge is -2.25. The van der Waals surface area contributed by atoms with E-state index in [0.29, 0.717) is 18.0 Å². The number of piperidine rings is 1. The Morgan fingerprint density at radius 3 is 2.13 bits per heavy atom. The molecule has 6 nitrogen and oxygen atoms in total. The van der Waals surface area contributed by atoms with Crippen molar-refractivity contribution in [2.45, 2.75) is 37.0 Å². The summed E-state index contributed by atoms with van der Waals surface area (Å²) in [5.74, 6) is -0.123. The first-order valence-corrected chi connectivity index (χ1v) is 11.9. The molecule has 2 aromatic rings. The summed E-state index contributed by atoms with van der Waals surface area (Å²) >= 11 is 0. The van der Waals surface area contributed by atoms with E-state index in [2.05, 4.69) is 10.2 Å². The Bertz CT molecular complexity index is 933. The quantitative estimate of drug-likeness (QED) is 0.700. The fourth-order valence-corrected chi connectivity index (χ4v) is 5.05. The summed E-state index contributed by atoms with van der Waals surface area (Å²) < 4.78 is 27.0. The molecule has 30 heavy (non-hydrogen) atoms. The third kappa shape index (κ3) is 6.14. The van der Waals surface area contributed by atoms with Crippen LogP contribution in [-0.2, 0) is 27.7 Å². The number of hydrogen-bond acceptors (Lipinski definition) is 4. The fourth-order valence-electron chi connectivity index (χ4n) is 3.53. The summed E-state index contributed by atoms with van der Waals surface area (Å²) in [4.78, 5) is 14.8. The molecule has 0 spiro atoms. The molecule has 1 amide bonds. The van der Waals surface area contributed by atoms with Crippen molar-refractivity contribution in [1.82, 2.24) is 9.21 Å². The van der Waals surface area contributed by atoms with Crippen LogP contribution in [0.15, 0.2) is 53.4 Å². The predicted molar refractivity (Wildman–Crippen MR) is 120 cm³/mol. The zero-order valence-electron chi connectivity index (χ0n) is 17.8. The fraction of sp³-hybridized carbons (Fsp3) is 0.435. The van der Waals surface area contributed by atoms with Crippen molar-refractivity contribution in [3.63, 3.8) is 0 Å². The summed E-state index contributed by atoms with van der Waals surface area (Å²) in [6.45, 7) is 2.15. The molecule has 162 valence electrons. The molecule has 2 aromatic carbocycles. The zero-order valence-corrected chi connectivity index (χ0v) is 18.6. The summed E-state index contributed by atoms with van der Waals surface area (Å²) in [7, 11) is 0.651. The Morgan fingerprint density at radius 2 is 1.53 bits per heavy atom. The van der Waals surface area contributed by atoms with Crippen LogP contribution in [-0.4, -0.2) is 57.3 Å². The number of nitrogens with one attached hydrogen (secondary N) is 1. The van der Waals surface area contributed by atoms with E-state index in [1.807, 2.05) is 38.4 Å². The van der Waals surface area contributed by atoms with E-state index in [4.69, 9.17) is 0 Å². The van der Waals surface area contributed by atoms with Gasteiger partial charge in [0.25, 0.3) is 0 Å². The van der Waals surface area contributed by atoms with E-state index >= 15 is 0 Å². The third-order valence-electron chi connectivity index (χ3n) is 5.33. The number of hydrogen-bond donors (Lipinski definition) is 1. The molecule has 0 bridgehead atoms. The van der Waals surface area contributed by atoms with Gasteiger partial charge in [-0.1, -0.05) is 30.7 Å². The van der Waals surface area contributed by atoms with Crippen LogP contribution >= 0.6 is 0 Å². The standard InChI is InChI=1S/C23H31N3O3S/c1-25(2)17-14-19-6-10-21(11-7-19)24-23(27)18-20-8-12-22(13-9-20)30(28,29)26-15-4-3-5-16-26/h6-13H,3-5,14-18H2,1-2H3,(H,24,27). The van der Waals surface area contributed by atoms with Crippen LogP contribution in [0.25, 0.3) is 0 Å². The minimum atomic E-state index is -3.44. The van der Waals surface area contributed by atoms with Gasteiger partial charge in [-0.05, 0) is 68.8 Å². The number of benzene rings is 2. The lowest BCUT2D eigenvalue weighted by atomic mass is 10.1. The molecule has 0 aliphatic carbocycles. The molecule has 1 aliphatic rings. The maximum absolute atomic E-state index is 12.7. The van der Waals surface area contributed by atoms with E-state index in [9.17, 15) is 13.2 Å². The molecule has 0 saturated carbocycles. The van der Waals surface area contributed by atoms with Gasteiger partial charge in [0.1, 0.15) is 0 Å². The molecule has 1 saturated heterocycles. The highest BCUT2D eigenvalue weighted by Gasteiger charge is 2.25. The smallest absolute Gasteiger partial charge is 0.243 e. The van der Waals surface area contributed by atoms with Crippen LogP contribution < -0.4 is 5.32 Å². The van der Waals surface area contributed by atoms with Crippen molar-refractivity contribution in [2.24, 2.45) is 0 Å². The summed E-state index contributed by atoms with van der Waals surface area (Å²) in [6, 6.07) is 14.5. The number of rotatable bonds is 8. The number of likely N-dealkylation sites (N-methyl/N-ethyl adjacent to an activating group) is 1. The molecule has 1 N–H and O–H groups in total. The molecule has 1 heterocycles. The topological polar surface area (TPSA) is 69.7 Å². The van der Waals surface area contributed by atoms with E-state index in [0.717, 1.165) is 43.5 Å². The summed E-state index contributed by atoms with van der Waals surface area (Å²) in [5, 5.41) is 2.90. The number of amides is 1. The molecular formula is C23H31N3O3S. The van der Waals surface area contributed by atoms with Gasteiger partial charge < -0.3 is 10.2 Å². The van der Waals surface area contributed by atoms with Crippen LogP contribution in [0.4, 0.5) is 5.69 Å². The van der Waals surface area contributed by atoms with Gasteiger partial charge >= 0.3 is 0 Å². The number of sulfonamides is 1. The van der Waals surface area contributed by atoms with Crippen molar-refractivity contribution in [3.8, 4) is 0 Å². The minimum Gasteiger partial charge on any atom is -0.326 e. The molecule has 1 fully saturated rings.